The summed E-state index contributed by atoms with van der Waals surface area (Å²) in [5.74, 6) is -0.102. The van der Waals surface area contributed by atoms with Crippen molar-refractivity contribution in [3.8, 4) is 0 Å². The maximum atomic E-state index is 13.0. The van der Waals surface area contributed by atoms with Crippen molar-refractivity contribution in [3.05, 3.63) is 35.4 Å². The van der Waals surface area contributed by atoms with Crippen molar-refractivity contribution < 1.29 is 22.7 Å². The first-order valence-electron chi connectivity index (χ1n) is 9.89. The lowest BCUT2D eigenvalue weighted by Crippen LogP contribution is -2.42. The number of alkyl halides is 3. The molecule has 0 radical (unpaired) electrons. The van der Waals surface area contributed by atoms with E-state index in [1.54, 1.807) is 15.6 Å². The summed E-state index contributed by atoms with van der Waals surface area (Å²) in [6.45, 7) is 1.96. The summed E-state index contributed by atoms with van der Waals surface area (Å²) in [4.78, 5) is 14.6. The van der Waals surface area contributed by atoms with Gasteiger partial charge in [0.1, 0.15) is 0 Å². The number of carbonyl (C=O) groups is 1. The van der Waals surface area contributed by atoms with Crippen LogP contribution in [0.1, 0.15) is 36.8 Å². The highest BCUT2D eigenvalue weighted by atomic mass is 32.2. The highest BCUT2D eigenvalue weighted by Gasteiger charge is 2.33. The second-order valence-electron chi connectivity index (χ2n) is 7.49. The maximum Gasteiger partial charge on any atom is 0.416 e. The zero-order chi connectivity index (χ0) is 21.1. The van der Waals surface area contributed by atoms with E-state index in [1.807, 2.05) is 0 Å². The molecule has 2 aliphatic heterocycles. The number of likely N-dealkylation sites (tertiary alicyclic amines) is 1. The van der Waals surface area contributed by atoms with E-state index in [0.29, 0.717) is 30.2 Å². The SMILES string of the molecule is O=C1C(Sc2nnnn2CC2CCCO2)CCCN1Cc1cccc(C(F)(F)F)c1. The Balaban J connectivity index is 1.41. The van der Waals surface area contributed by atoms with Crippen LogP contribution < -0.4 is 0 Å². The fourth-order valence-electron chi connectivity index (χ4n) is 3.74. The molecule has 11 heteroatoms. The van der Waals surface area contributed by atoms with Gasteiger partial charge in [0.25, 0.3) is 0 Å². The molecule has 1 aromatic heterocycles. The number of nitrogens with zero attached hydrogens (tertiary/aromatic N) is 5. The molecule has 1 aromatic carbocycles. The zero-order valence-corrected chi connectivity index (χ0v) is 17.0. The summed E-state index contributed by atoms with van der Waals surface area (Å²) in [7, 11) is 0. The average Bonchev–Trinajstić information content (AvgIpc) is 3.37. The smallest absolute Gasteiger partial charge is 0.376 e. The van der Waals surface area contributed by atoms with E-state index in [0.717, 1.165) is 38.0 Å². The van der Waals surface area contributed by atoms with Crippen LogP contribution in [0, 0.1) is 0 Å². The van der Waals surface area contributed by atoms with E-state index < -0.39 is 11.7 Å². The Kier molecular flexibility index (Phi) is 6.28. The van der Waals surface area contributed by atoms with Crippen molar-refractivity contribution in [1.82, 2.24) is 25.1 Å². The molecule has 3 heterocycles. The standard InChI is InChI=1S/C19H22F3N5O2S/c20-19(21,22)14-5-1-4-13(10-14)11-26-8-2-7-16(17(26)28)30-18-23-24-25-27(18)12-15-6-3-9-29-15/h1,4-5,10,15-16H,2-3,6-9,11-12H2. The molecule has 30 heavy (non-hydrogen) atoms. The van der Waals surface area contributed by atoms with Gasteiger partial charge < -0.3 is 9.64 Å². The van der Waals surface area contributed by atoms with E-state index in [4.69, 9.17) is 4.74 Å². The molecular formula is C19H22F3N5O2S. The predicted molar refractivity (Wildman–Crippen MR) is 103 cm³/mol. The number of hydrogen-bond acceptors (Lipinski definition) is 6. The van der Waals surface area contributed by atoms with Crippen LogP contribution in [0.5, 0.6) is 0 Å². The molecule has 7 nitrogen and oxygen atoms in total. The van der Waals surface area contributed by atoms with E-state index in [-0.39, 0.29) is 23.8 Å². The van der Waals surface area contributed by atoms with E-state index in [2.05, 4.69) is 15.5 Å². The highest BCUT2D eigenvalue weighted by molar-refractivity contribution is 8.00. The third kappa shape index (κ3) is 4.94. The van der Waals surface area contributed by atoms with Crippen molar-refractivity contribution in [3.63, 3.8) is 0 Å². The molecule has 4 rings (SSSR count). The van der Waals surface area contributed by atoms with Crippen LogP contribution in [0.3, 0.4) is 0 Å². The number of benzene rings is 1. The van der Waals surface area contributed by atoms with Crippen LogP contribution in [-0.4, -0.2) is 55.5 Å². The molecule has 0 bridgehead atoms. The van der Waals surface area contributed by atoms with Crippen molar-refractivity contribution in [2.75, 3.05) is 13.2 Å². The minimum atomic E-state index is -4.40. The van der Waals surface area contributed by atoms with Gasteiger partial charge in [-0.05, 0) is 53.8 Å². The topological polar surface area (TPSA) is 73.1 Å². The van der Waals surface area contributed by atoms with Gasteiger partial charge in [-0.2, -0.15) is 13.2 Å². The minimum Gasteiger partial charge on any atom is -0.376 e. The molecule has 2 fully saturated rings. The van der Waals surface area contributed by atoms with Gasteiger partial charge in [0.2, 0.25) is 11.1 Å². The number of amides is 1. The normalized spacial score (nSPS) is 22.6. The summed E-state index contributed by atoms with van der Waals surface area (Å²) in [5, 5.41) is 12.0. The first kappa shape index (κ1) is 21.1. The van der Waals surface area contributed by atoms with E-state index in [1.165, 1.54) is 17.8 Å². The molecule has 1 amide bonds. The number of carbonyl (C=O) groups excluding carboxylic acids is 1. The molecule has 0 spiro atoms. The first-order chi connectivity index (χ1) is 14.4. The lowest BCUT2D eigenvalue weighted by atomic mass is 10.1. The average molecular weight is 441 g/mol. The van der Waals surface area contributed by atoms with Crippen LogP contribution in [0.15, 0.2) is 29.4 Å². The third-order valence-electron chi connectivity index (χ3n) is 5.26. The van der Waals surface area contributed by atoms with Gasteiger partial charge in [0, 0.05) is 19.7 Å². The summed E-state index contributed by atoms with van der Waals surface area (Å²) in [6.07, 6.45) is -0.906. The molecule has 2 saturated heterocycles. The number of ether oxygens (including phenoxy) is 1. The Morgan fingerprint density at radius 3 is 2.87 bits per heavy atom. The molecular weight excluding hydrogens is 419 g/mol. The van der Waals surface area contributed by atoms with Gasteiger partial charge in [-0.15, -0.1) is 5.10 Å². The Morgan fingerprint density at radius 2 is 2.10 bits per heavy atom. The summed E-state index contributed by atoms with van der Waals surface area (Å²) >= 11 is 1.31. The largest absolute Gasteiger partial charge is 0.416 e. The molecule has 2 aromatic rings. The van der Waals surface area contributed by atoms with Gasteiger partial charge in [-0.25, -0.2) is 4.68 Å². The van der Waals surface area contributed by atoms with Crippen molar-refractivity contribution in [1.29, 1.82) is 0 Å². The first-order valence-corrected chi connectivity index (χ1v) is 10.8. The van der Waals surface area contributed by atoms with Crippen LogP contribution in [0.25, 0.3) is 0 Å². The van der Waals surface area contributed by atoms with Gasteiger partial charge in [-0.3, -0.25) is 4.79 Å². The molecule has 0 N–H and O–H groups in total. The number of tetrazole rings is 1. The molecule has 0 aliphatic carbocycles. The number of aromatic nitrogens is 4. The summed E-state index contributed by atoms with van der Waals surface area (Å²) < 4.78 is 46.2. The highest BCUT2D eigenvalue weighted by Crippen LogP contribution is 2.32. The Labute approximate surface area is 175 Å². The molecule has 2 unspecified atom stereocenters. The lowest BCUT2D eigenvalue weighted by molar-refractivity contribution is -0.137. The number of rotatable bonds is 6. The van der Waals surface area contributed by atoms with Gasteiger partial charge in [0.05, 0.1) is 23.5 Å². The summed E-state index contributed by atoms with van der Waals surface area (Å²) in [5.41, 5.74) is -0.240. The number of hydrogen-bond donors (Lipinski definition) is 0. The molecule has 2 atom stereocenters. The Hall–Kier alpha value is -2.14. The quantitative estimate of drug-likeness (QED) is 0.686. The lowest BCUT2D eigenvalue weighted by Gasteiger charge is -2.32. The molecule has 0 saturated carbocycles. The van der Waals surface area contributed by atoms with Crippen LogP contribution in [-0.2, 0) is 28.8 Å². The fourth-order valence-corrected chi connectivity index (χ4v) is 4.85. The second kappa shape index (κ2) is 8.93. The van der Waals surface area contributed by atoms with Crippen LogP contribution in [0.2, 0.25) is 0 Å². The van der Waals surface area contributed by atoms with Crippen LogP contribution >= 0.6 is 11.8 Å². The number of halogens is 3. The number of piperidine rings is 1. The Morgan fingerprint density at radius 1 is 1.23 bits per heavy atom. The zero-order valence-electron chi connectivity index (χ0n) is 16.2. The van der Waals surface area contributed by atoms with Gasteiger partial charge in [0.15, 0.2) is 0 Å². The minimum absolute atomic E-state index is 0.0762. The Bertz CT molecular complexity index is 885. The van der Waals surface area contributed by atoms with Crippen molar-refractivity contribution >= 4 is 17.7 Å². The second-order valence-corrected chi connectivity index (χ2v) is 8.66. The third-order valence-corrected chi connectivity index (χ3v) is 6.48. The predicted octanol–water partition coefficient (Wildman–Crippen LogP) is 3.15. The van der Waals surface area contributed by atoms with Crippen LogP contribution in [0.4, 0.5) is 13.2 Å². The van der Waals surface area contributed by atoms with E-state index >= 15 is 0 Å². The van der Waals surface area contributed by atoms with Gasteiger partial charge in [-0.1, -0.05) is 23.9 Å². The monoisotopic (exact) mass is 441 g/mol. The maximum absolute atomic E-state index is 13.0. The fraction of sp³-hybridized carbons (Fsp3) is 0.579. The molecule has 162 valence electrons. The number of thioether (sulfide) groups is 1. The van der Waals surface area contributed by atoms with E-state index in [9.17, 15) is 18.0 Å². The van der Waals surface area contributed by atoms with Gasteiger partial charge >= 0.3 is 6.18 Å². The summed E-state index contributed by atoms with van der Waals surface area (Å²) in [6, 6.07) is 5.12. The molecule has 2 aliphatic rings. The van der Waals surface area contributed by atoms with Crippen molar-refractivity contribution in [2.24, 2.45) is 0 Å². The van der Waals surface area contributed by atoms with Crippen molar-refractivity contribution in [2.45, 2.75) is 61.5 Å².